The average Bonchev–Trinajstić information content (AvgIpc) is 2.88. The standard InChI is InChI=1S/C23H24BrNO4/c1-5-19-20(26)25(18-12-14(3)11-15(4)13-18)21(27)23(19,22(28)29-6-2)16-7-9-17(24)10-8-16/h7-13,19H,5-6H2,1-4H3/t19?,23-/m1/s1. The first-order valence-corrected chi connectivity index (χ1v) is 10.5. The Bertz CT molecular complexity index is 949. The highest BCUT2D eigenvalue weighted by molar-refractivity contribution is 9.10. The van der Waals surface area contributed by atoms with Crippen LogP contribution in [0.1, 0.15) is 37.0 Å². The molecule has 0 saturated carbocycles. The molecule has 1 fully saturated rings. The van der Waals surface area contributed by atoms with Gasteiger partial charge in [-0.05, 0) is 68.1 Å². The summed E-state index contributed by atoms with van der Waals surface area (Å²) in [5.41, 5.74) is 1.13. The van der Waals surface area contributed by atoms with Gasteiger partial charge in [-0.3, -0.25) is 14.4 Å². The first kappa shape index (κ1) is 21.2. The minimum absolute atomic E-state index is 0.124. The van der Waals surface area contributed by atoms with Gasteiger partial charge in [0.15, 0.2) is 5.41 Å². The van der Waals surface area contributed by atoms with Crippen molar-refractivity contribution < 1.29 is 19.1 Å². The summed E-state index contributed by atoms with van der Waals surface area (Å²) in [5, 5.41) is 0. The summed E-state index contributed by atoms with van der Waals surface area (Å²) in [6, 6.07) is 12.5. The molecule has 0 bridgehead atoms. The number of benzene rings is 2. The Morgan fingerprint density at radius 1 is 1.07 bits per heavy atom. The number of nitrogens with zero attached hydrogens (tertiary/aromatic N) is 1. The number of amides is 2. The number of aryl methyl sites for hydroxylation is 2. The summed E-state index contributed by atoms with van der Waals surface area (Å²) in [4.78, 5) is 41.7. The van der Waals surface area contributed by atoms with Crippen LogP contribution in [0, 0.1) is 19.8 Å². The van der Waals surface area contributed by atoms with Crippen molar-refractivity contribution in [3.8, 4) is 0 Å². The predicted molar refractivity (Wildman–Crippen MR) is 115 cm³/mol. The van der Waals surface area contributed by atoms with Crippen LogP contribution in [0.2, 0.25) is 0 Å². The number of halogens is 1. The molecule has 2 amide bonds. The minimum Gasteiger partial charge on any atom is -0.465 e. The largest absolute Gasteiger partial charge is 0.465 e. The number of anilines is 1. The van der Waals surface area contributed by atoms with Crippen LogP contribution in [-0.2, 0) is 24.5 Å². The number of carbonyl (C=O) groups is 3. The second-order valence-corrected chi connectivity index (χ2v) is 8.24. The van der Waals surface area contributed by atoms with Crippen LogP contribution in [0.25, 0.3) is 0 Å². The normalized spacial score (nSPS) is 21.6. The topological polar surface area (TPSA) is 63.7 Å². The fourth-order valence-corrected chi connectivity index (χ4v) is 4.47. The molecule has 0 N–H and O–H groups in total. The lowest BCUT2D eigenvalue weighted by Gasteiger charge is -2.29. The lowest BCUT2D eigenvalue weighted by Crippen LogP contribution is -2.49. The van der Waals surface area contributed by atoms with E-state index in [0.717, 1.165) is 20.5 Å². The molecule has 2 aromatic rings. The molecule has 1 heterocycles. The van der Waals surface area contributed by atoms with Gasteiger partial charge in [-0.2, -0.15) is 0 Å². The Labute approximate surface area is 179 Å². The summed E-state index contributed by atoms with van der Waals surface area (Å²) >= 11 is 3.38. The van der Waals surface area contributed by atoms with Gasteiger partial charge in [-0.15, -0.1) is 0 Å². The quantitative estimate of drug-likeness (QED) is 0.377. The number of hydrogen-bond acceptors (Lipinski definition) is 4. The van der Waals surface area contributed by atoms with Crippen LogP contribution in [0.3, 0.4) is 0 Å². The molecule has 0 radical (unpaired) electrons. The zero-order valence-corrected chi connectivity index (χ0v) is 18.6. The molecule has 1 unspecified atom stereocenters. The Morgan fingerprint density at radius 2 is 1.66 bits per heavy atom. The van der Waals surface area contributed by atoms with Crippen molar-refractivity contribution in [2.24, 2.45) is 5.92 Å². The van der Waals surface area contributed by atoms with Gasteiger partial charge < -0.3 is 4.74 Å². The monoisotopic (exact) mass is 457 g/mol. The molecule has 2 aromatic carbocycles. The van der Waals surface area contributed by atoms with Crippen LogP contribution in [0.5, 0.6) is 0 Å². The molecule has 1 saturated heterocycles. The molecule has 2 atom stereocenters. The molecule has 3 rings (SSSR count). The van der Waals surface area contributed by atoms with E-state index in [1.54, 1.807) is 43.3 Å². The van der Waals surface area contributed by atoms with Crippen molar-refractivity contribution >= 4 is 39.4 Å². The van der Waals surface area contributed by atoms with Gasteiger partial charge in [0, 0.05) is 4.47 Å². The third-order valence-corrected chi connectivity index (χ3v) is 5.88. The van der Waals surface area contributed by atoms with E-state index in [9.17, 15) is 14.4 Å². The van der Waals surface area contributed by atoms with E-state index in [2.05, 4.69) is 15.9 Å². The molecule has 1 aliphatic rings. The van der Waals surface area contributed by atoms with Gasteiger partial charge in [-0.25, -0.2) is 4.90 Å². The van der Waals surface area contributed by atoms with Crippen molar-refractivity contribution in [1.82, 2.24) is 0 Å². The van der Waals surface area contributed by atoms with Crippen LogP contribution >= 0.6 is 15.9 Å². The average molecular weight is 458 g/mol. The third kappa shape index (κ3) is 3.39. The number of rotatable bonds is 5. The molecule has 152 valence electrons. The first-order chi connectivity index (χ1) is 13.8. The number of carbonyl (C=O) groups excluding carboxylic acids is 3. The molecular weight excluding hydrogens is 434 g/mol. The van der Waals surface area contributed by atoms with E-state index in [1.807, 2.05) is 26.8 Å². The van der Waals surface area contributed by atoms with Crippen LogP contribution < -0.4 is 4.90 Å². The second kappa shape index (κ2) is 8.11. The van der Waals surface area contributed by atoms with Gasteiger partial charge in [0.25, 0.3) is 5.91 Å². The molecular formula is C23H24BrNO4. The number of esters is 1. The third-order valence-electron chi connectivity index (χ3n) is 5.35. The molecule has 0 aliphatic carbocycles. The van der Waals surface area contributed by atoms with E-state index in [-0.39, 0.29) is 12.5 Å². The Hall–Kier alpha value is -2.47. The Kier molecular flexibility index (Phi) is 5.94. The van der Waals surface area contributed by atoms with E-state index >= 15 is 0 Å². The van der Waals surface area contributed by atoms with Crippen molar-refractivity contribution in [3.05, 3.63) is 63.6 Å². The summed E-state index contributed by atoms with van der Waals surface area (Å²) in [7, 11) is 0. The zero-order chi connectivity index (χ0) is 21.3. The molecule has 6 heteroatoms. The highest BCUT2D eigenvalue weighted by Gasteiger charge is 2.65. The lowest BCUT2D eigenvalue weighted by molar-refractivity contribution is -0.155. The van der Waals surface area contributed by atoms with E-state index < -0.39 is 23.2 Å². The maximum absolute atomic E-state index is 13.8. The predicted octanol–water partition coefficient (Wildman–Crippen LogP) is 4.47. The van der Waals surface area contributed by atoms with Gasteiger partial charge in [0.2, 0.25) is 5.91 Å². The summed E-state index contributed by atoms with van der Waals surface area (Å²) in [6.07, 6.45) is 0.334. The molecule has 5 nitrogen and oxygen atoms in total. The maximum Gasteiger partial charge on any atom is 0.327 e. The lowest BCUT2D eigenvalue weighted by atomic mass is 9.70. The Balaban J connectivity index is 2.26. The van der Waals surface area contributed by atoms with Crippen LogP contribution in [0.15, 0.2) is 46.9 Å². The van der Waals surface area contributed by atoms with Gasteiger partial charge >= 0.3 is 5.97 Å². The van der Waals surface area contributed by atoms with Crippen molar-refractivity contribution in [1.29, 1.82) is 0 Å². The van der Waals surface area contributed by atoms with E-state index in [1.165, 1.54) is 0 Å². The maximum atomic E-state index is 13.8. The zero-order valence-electron chi connectivity index (χ0n) is 17.0. The van der Waals surface area contributed by atoms with E-state index in [4.69, 9.17) is 4.74 Å². The number of hydrogen-bond donors (Lipinski definition) is 0. The second-order valence-electron chi connectivity index (χ2n) is 7.32. The molecule has 0 aromatic heterocycles. The van der Waals surface area contributed by atoms with Crippen molar-refractivity contribution in [2.45, 2.75) is 39.5 Å². The first-order valence-electron chi connectivity index (χ1n) is 9.67. The van der Waals surface area contributed by atoms with Crippen LogP contribution in [-0.4, -0.2) is 24.4 Å². The molecule has 1 aliphatic heterocycles. The smallest absolute Gasteiger partial charge is 0.327 e. The number of imide groups is 1. The van der Waals surface area contributed by atoms with Crippen molar-refractivity contribution in [2.75, 3.05) is 11.5 Å². The summed E-state index contributed by atoms with van der Waals surface area (Å²) in [5.74, 6) is -2.45. The highest BCUT2D eigenvalue weighted by Crippen LogP contribution is 2.46. The summed E-state index contributed by atoms with van der Waals surface area (Å²) in [6.45, 7) is 7.45. The van der Waals surface area contributed by atoms with E-state index in [0.29, 0.717) is 17.7 Å². The Morgan fingerprint density at radius 3 is 2.17 bits per heavy atom. The van der Waals surface area contributed by atoms with Crippen molar-refractivity contribution in [3.63, 3.8) is 0 Å². The SMILES string of the molecule is CCOC(=O)[C@@]1(c2ccc(Br)cc2)C(=O)N(c2cc(C)cc(C)c2)C(=O)C1CC. The van der Waals surface area contributed by atoms with Gasteiger partial charge in [-0.1, -0.05) is 41.1 Å². The number of ether oxygens (including phenoxy) is 1. The van der Waals surface area contributed by atoms with Crippen LogP contribution in [0.4, 0.5) is 5.69 Å². The molecule has 0 spiro atoms. The fourth-order valence-electron chi connectivity index (χ4n) is 4.20. The minimum atomic E-state index is -1.69. The van der Waals surface area contributed by atoms with Gasteiger partial charge in [0.05, 0.1) is 18.2 Å². The highest BCUT2D eigenvalue weighted by atomic mass is 79.9. The fraction of sp³-hybridized carbons (Fsp3) is 0.348. The van der Waals surface area contributed by atoms with Gasteiger partial charge in [0.1, 0.15) is 0 Å². The molecule has 29 heavy (non-hydrogen) atoms. The summed E-state index contributed by atoms with van der Waals surface area (Å²) < 4.78 is 6.16.